The fraction of sp³-hybridized carbons (Fsp3) is 0.350. The summed E-state index contributed by atoms with van der Waals surface area (Å²) in [7, 11) is 2.69. The number of rotatable bonds is 8. The second kappa shape index (κ2) is 9.13. The Bertz CT molecular complexity index is 954. The number of hydrogen-bond acceptors (Lipinski definition) is 9. The minimum atomic E-state index is -0.641. The number of carbonyl (C=O) groups excluding carboxylic acids is 3. The summed E-state index contributed by atoms with van der Waals surface area (Å²) in [6.07, 6.45) is 1.06. The molecule has 0 saturated heterocycles. The predicted octanol–water partition coefficient (Wildman–Crippen LogP) is 2.39. The Hall–Kier alpha value is -3.49. The highest BCUT2D eigenvalue weighted by atomic mass is 16.6. The van der Waals surface area contributed by atoms with Crippen molar-refractivity contribution in [2.24, 2.45) is 5.92 Å². The van der Waals surface area contributed by atoms with E-state index in [1.54, 1.807) is 13.8 Å². The van der Waals surface area contributed by atoms with Crippen molar-refractivity contribution in [3.8, 4) is 23.0 Å². The van der Waals surface area contributed by atoms with E-state index >= 15 is 0 Å². The molecule has 0 aromatic carbocycles. The number of esters is 1. The summed E-state index contributed by atoms with van der Waals surface area (Å²) in [5.41, 5.74) is -0.109. The fourth-order valence-electron chi connectivity index (χ4n) is 2.54. The van der Waals surface area contributed by atoms with Crippen LogP contribution in [-0.4, -0.2) is 46.8 Å². The second-order valence-corrected chi connectivity index (χ2v) is 6.42. The Morgan fingerprint density at radius 1 is 1.10 bits per heavy atom. The summed E-state index contributed by atoms with van der Waals surface area (Å²) >= 11 is 0. The van der Waals surface area contributed by atoms with Crippen LogP contribution in [0.15, 0.2) is 18.3 Å². The van der Waals surface area contributed by atoms with Crippen molar-refractivity contribution in [2.45, 2.75) is 27.2 Å². The predicted molar refractivity (Wildman–Crippen MR) is 102 cm³/mol. The lowest BCUT2D eigenvalue weighted by molar-refractivity contribution is -0.132. The molecule has 0 unspecified atom stereocenters. The molecule has 9 heteroatoms. The molecule has 0 amide bonds. The van der Waals surface area contributed by atoms with Gasteiger partial charge < -0.3 is 19.3 Å². The third-order valence-corrected chi connectivity index (χ3v) is 3.93. The highest BCUT2D eigenvalue weighted by Crippen LogP contribution is 2.34. The van der Waals surface area contributed by atoms with E-state index in [-0.39, 0.29) is 52.3 Å². The molecule has 0 saturated carbocycles. The quantitative estimate of drug-likeness (QED) is 0.523. The van der Waals surface area contributed by atoms with Gasteiger partial charge in [-0.1, -0.05) is 13.8 Å². The molecule has 2 aromatic heterocycles. The number of nitrogens with zero attached hydrogens (tertiary/aromatic N) is 2. The van der Waals surface area contributed by atoms with E-state index in [0.717, 1.165) is 0 Å². The molecule has 0 spiro atoms. The first-order valence-electron chi connectivity index (χ1n) is 8.75. The fourth-order valence-corrected chi connectivity index (χ4v) is 2.54. The number of ketones is 2. The molecule has 154 valence electrons. The number of hydrogen-bond donors (Lipinski definition) is 1. The van der Waals surface area contributed by atoms with Gasteiger partial charge in [0, 0.05) is 31.2 Å². The van der Waals surface area contributed by atoms with Gasteiger partial charge in [-0.15, -0.1) is 0 Å². The number of aromatic hydroxyl groups is 1. The Labute approximate surface area is 167 Å². The van der Waals surface area contributed by atoms with Crippen molar-refractivity contribution >= 4 is 17.5 Å². The first kappa shape index (κ1) is 21.8. The van der Waals surface area contributed by atoms with Gasteiger partial charge in [0.05, 0.1) is 26.3 Å². The van der Waals surface area contributed by atoms with Crippen molar-refractivity contribution in [2.75, 3.05) is 14.2 Å². The zero-order valence-corrected chi connectivity index (χ0v) is 16.8. The molecule has 0 aliphatic rings. The minimum absolute atomic E-state index is 0.0878. The van der Waals surface area contributed by atoms with Crippen LogP contribution < -0.4 is 14.2 Å². The van der Waals surface area contributed by atoms with Crippen molar-refractivity contribution in [3.63, 3.8) is 0 Å². The van der Waals surface area contributed by atoms with Gasteiger partial charge in [0.2, 0.25) is 5.75 Å². The maximum Gasteiger partial charge on any atom is 0.308 e. The molecule has 0 radical (unpaired) electrons. The molecule has 9 nitrogen and oxygen atoms in total. The zero-order valence-electron chi connectivity index (χ0n) is 16.8. The zero-order chi connectivity index (χ0) is 21.7. The summed E-state index contributed by atoms with van der Waals surface area (Å²) < 4.78 is 15.4. The van der Waals surface area contributed by atoms with Gasteiger partial charge in [0.25, 0.3) is 0 Å². The summed E-state index contributed by atoms with van der Waals surface area (Å²) in [6, 6.07) is 2.81. The summed E-state index contributed by atoms with van der Waals surface area (Å²) in [5, 5.41) is 10.1. The molecular formula is C20H22N2O7. The van der Waals surface area contributed by atoms with E-state index in [9.17, 15) is 19.5 Å². The van der Waals surface area contributed by atoms with Gasteiger partial charge in [-0.2, -0.15) is 0 Å². The molecule has 2 aromatic rings. The average Bonchev–Trinajstić information content (AvgIpc) is 2.67. The molecule has 0 aliphatic carbocycles. The van der Waals surface area contributed by atoms with Crippen LogP contribution in [0.5, 0.6) is 23.0 Å². The van der Waals surface area contributed by atoms with E-state index in [2.05, 4.69) is 9.97 Å². The minimum Gasteiger partial charge on any atom is -0.503 e. The van der Waals surface area contributed by atoms with Crippen LogP contribution in [0.4, 0.5) is 0 Å². The van der Waals surface area contributed by atoms with Crippen LogP contribution in [0.1, 0.15) is 47.4 Å². The van der Waals surface area contributed by atoms with E-state index in [0.29, 0.717) is 0 Å². The number of ether oxygens (including phenoxy) is 3. The van der Waals surface area contributed by atoms with E-state index in [1.807, 2.05) is 0 Å². The smallest absolute Gasteiger partial charge is 0.308 e. The first-order valence-corrected chi connectivity index (χ1v) is 8.75. The Balaban J connectivity index is 2.50. The highest BCUT2D eigenvalue weighted by Gasteiger charge is 2.26. The number of Topliss-reactive ketones (excluding diaryl/α,β-unsaturated/α-hetero) is 2. The standard InChI is InChI=1S/C20H22N2O7/c1-10(2)18(25)17-20(29-11(3)23)15(28-5)9-12(22-17)8-13(24)16-19(26)14(27-4)6-7-21-16/h6-7,9-10,26H,8H2,1-5H3. The maximum absolute atomic E-state index is 12.7. The van der Waals surface area contributed by atoms with Crippen molar-refractivity contribution in [3.05, 3.63) is 35.4 Å². The van der Waals surface area contributed by atoms with E-state index in [1.165, 1.54) is 39.5 Å². The van der Waals surface area contributed by atoms with Crippen LogP contribution in [0, 0.1) is 5.92 Å². The molecule has 0 aliphatic heterocycles. The SMILES string of the molecule is COc1ccnc(C(=O)Cc2cc(OC)c(OC(C)=O)c(C(=O)C(C)C)n2)c1O. The Morgan fingerprint density at radius 3 is 2.31 bits per heavy atom. The van der Waals surface area contributed by atoms with Gasteiger partial charge >= 0.3 is 5.97 Å². The normalized spacial score (nSPS) is 10.6. The van der Waals surface area contributed by atoms with Crippen LogP contribution >= 0.6 is 0 Å². The molecule has 0 atom stereocenters. The molecule has 1 N–H and O–H groups in total. The van der Waals surface area contributed by atoms with E-state index < -0.39 is 17.7 Å². The first-order chi connectivity index (χ1) is 13.7. The van der Waals surface area contributed by atoms with Gasteiger partial charge in [0.1, 0.15) is 0 Å². The number of methoxy groups -OCH3 is 2. The molecule has 0 bridgehead atoms. The number of aromatic nitrogens is 2. The van der Waals surface area contributed by atoms with Crippen molar-refractivity contribution in [1.82, 2.24) is 9.97 Å². The van der Waals surface area contributed by atoms with Gasteiger partial charge in [-0.05, 0) is 0 Å². The summed E-state index contributed by atoms with van der Waals surface area (Å²) in [6.45, 7) is 4.53. The Morgan fingerprint density at radius 2 is 1.76 bits per heavy atom. The molecule has 2 heterocycles. The lowest BCUT2D eigenvalue weighted by atomic mass is 10.0. The molecule has 2 rings (SSSR count). The lowest BCUT2D eigenvalue weighted by Crippen LogP contribution is -2.17. The summed E-state index contributed by atoms with van der Waals surface area (Å²) in [5.74, 6) is -2.29. The number of carbonyl (C=O) groups is 3. The second-order valence-electron chi connectivity index (χ2n) is 6.42. The van der Waals surface area contributed by atoms with Crippen LogP contribution in [-0.2, 0) is 11.2 Å². The number of pyridine rings is 2. The van der Waals surface area contributed by atoms with E-state index in [4.69, 9.17) is 14.2 Å². The van der Waals surface area contributed by atoms with Gasteiger partial charge in [-0.3, -0.25) is 14.4 Å². The van der Waals surface area contributed by atoms with Crippen LogP contribution in [0.2, 0.25) is 0 Å². The van der Waals surface area contributed by atoms with Crippen LogP contribution in [0.25, 0.3) is 0 Å². The maximum atomic E-state index is 12.7. The van der Waals surface area contributed by atoms with Gasteiger partial charge in [-0.25, -0.2) is 9.97 Å². The Kier molecular flexibility index (Phi) is 6.87. The van der Waals surface area contributed by atoms with Crippen molar-refractivity contribution in [1.29, 1.82) is 0 Å². The molecule has 0 fully saturated rings. The van der Waals surface area contributed by atoms with Crippen molar-refractivity contribution < 1.29 is 33.7 Å². The highest BCUT2D eigenvalue weighted by molar-refractivity contribution is 6.01. The third kappa shape index (κ3) is 4.87. The monoisotopic (exact) mass is 402 g/mol. The lowest BCUT2D eigenvalue weighted by Gasteiger charge is -2.15. The largest absolute Gasteiger partial charge is 0.503 e. The van der Waals surface area contributed by atoms with Gasteiger partial charge in [0.15, 0.2) is 40.2 Å². The summed E-state index contributed by atoms with van der Waals surface area (Å²) in [4.78, 5) is 44.8. The third-order valence-electron chi connectivity index (χ3n) is 3.93. The average molecular weight is 402 g/mol. The van der Waals surface area contributed by atoms with Crippen LogP contribution in [0.3, 0.4) is 0 Å². The molecular weight excluding hydrogens is 380 g/mol. The topological polar surface area (TPSA) is 125 Å². The molecule has 29 heavy (non-hydrogen) atoms.